The number of H-pyrrole nitrogens is 1. The zero-order valence-corrected chi connectivity index (χ0v) is 14.6. The van der Waals surface area contributed by atoms with Gasteiger partial charge in [-0.2, -0.15) is 15.4 Å². The fraction of sp³-hybridized carbons (Fsp3) is 0.111. The van der Waals surface area contributed by atoms with E-state index in [1.807, 2.05) is 0 Å². The van der Waals surface area contributed by atoms with Gasteiger partial charge < -0.3 is 5.11 Å². The molecular weight excluding hydrogens is 356 g/mol. The maximum Gasteiger partial charge on any atom is 0.280 e. The maximum absolute atomic E-state index is 12.7. The Morgan fingerprint density at radius 3 is 2.54 bits per heavy atom. The Morgan fingerprint density at radius 1 is 1.27 bits per heavy atom. The number of aromatic amines is 1. The molecular formula is C18H13ClN4O3. The summed E-state index contributed by atoms with van der Waals surface area (Å²) in [5.74, 6) is -0.808. The number of nitriles is 1. The van der Waals surface area contributed by atoms with Gasteiger partial charge in [0, 0.05) is 10.6 Å². The van der Waals surface area contributed by atoms with Crippen molar-refractivity contribution in [3.63, 3.8) is 0 Å². The van der Waals surface area contributed by atoms with E-state index < -0.39 is 17.3 Å². The Hall–Kier alpha value is -3.37. The van der Waals surface area contributed by atoms with Gasteiger partial charge in [0.15, 0.2) is 5.88 Å². The van der Waals surface area contributed by atoms with Crippen LogP contribution in [0.2, 0.25) is 5.02 Å². The first-order valence-corrected chi connectivity index (χ1v) is 7.94. The van der Waals surface area contributed by atoms with Gasteiger partial charge in [-0.05, 0) is 49.8 Å². The third-order valence-corrected chi connectivity index (χ3v) is 4.28. The summed E-state index contributed by atoms with van der Waals surface area (Å²) in [6.07, 6.45) is 1.42. The summed E-state index contributed by atoms with van der Waals surface area (Å²) < 4.78 is 0. The van der Waals surface area contributed by atoms with E-state index in [1.54, 1.807) is 37.3 Å². The number of benzene rings is 1. The molecule has 8 heteroatoms. The van der Waals surface area contributed by atoms with Crippen LogP contribution in [-0.2, 0) is 4.79 Å². The van der Waals surface area contributed by atoms with E-state index in [4.69, 9.17) is 16.9 Å². The largest absolute Gasteiger partial charge is 0.494 e. The first kappa shape index (κ1) is 17.5. The van der Waals surface area contributed by atoms with Gasteiger partial charge in [0.25, 0.3) is 11.5 Å². The number of nitrogens with zero attached hydrogens (tertiary/aromatic N) is 3. The van der Waals surface area contributed by atoms with Crippen LogP contribution in [0.4, 0.5) is 5.69 Å². The molecule has 0 atom stereocenters. The molecule has 0 aliphatic carbocycles. The van der Waals surface area contributed by atoms with E-state index in [-0.39, 0.29) is 22.3 Å². The minimum Gasteiger partial charge on any atom is -0.494 e. The highest BCUT2D eigenvalue weighted by Crippen LogP contribution is 2.28. The summed E-state index contributed by atoms with van der Waals surface area (Å²) >= 11 is 5.86. The number of pyridine rings is 1. The molecule has 26 heavy (non-hydrogen) atoms. The second kappa shape index (κ2) is 6.50. The summed E-state index contributed by atoms with van der Waals surface area (Å²) in [5, 5.41) is 25.2. The van der Waals surface area contributed by atoms with Gasteiger partial charge in [-0.15, -0.1) is 0 Å². The first-order valence-electron chi connectivity index (χ1n) is 7.56. The van der Waals surface area contributed by atoms with Crippen LogP contribution in [0.1, 0.15) is 23.6 Å². The lowest BCUT2D eigenvalue weighted by molar-refractivity contribution is -0.114. The van der Waals surface area contributed by atoms with Crippen LogP contribution < -0.4 is 10.6 Å². The van der Waals surface area contributed by atoms with Gasteiger partial charge in [0.05, 0.1) is 17.0 Å². The number of aromatic hydroxyl groups is 1. The van der Waals surface area contributed by atoms with E-state index in [9.17, 15) is 14.7 Å². The highest BCUT2D eigenvalue weighted by Gasteiger charge is 2.29. The molecule has 0 radical (unpaired) electrons. The number of aromatic nitrogens is 1. The molecule has 0 fully saturated rings. The predicted molar refractivity (Wildman–Crippen MR) is 98.2 cm³/mol. The van der Waals surface area contributed by atoms with Crippen molar-refractivity contribution in [3.05, 3.63) is 61.9 Å². The summed E-state index contributed by atoms with van der Waals surface area (Å²) in [6, 6.07) is 8.42. The molecule has 2 N–H and O–H groups in total. The second-order valence-electron chi connectivity index (χ2n) is 5.67. The number of amides is 1. The number of carbonyl (C=O) groups is 1. The molecule has 0 unspecified atom stereocenters. The number of nitrogens with one attached hydrogen (secondary N) is 1. The van der Waals surface area contributed by atoms with Gasteiger partial charge >= 0.3 is 0 Å². The van der Waals surface area contributed by atoms with Crippen molar-refractivity contribution in [2.75, 3.05) is 5.01 Å². The van der Waals surface area contributed by atoms with E-state index in [2.05, 4.69) is 10.1 Å². The van der Waals surface area contributed by atoms with Crippen molar-refractivity contribution in [1.29, 1.82) is 5.26 Å². The fourth-order valence-electron chi connectivity index (χ4n) is 2.62. The Balaban J connectivity index is 2.08. The number of anilines is 1. The molecule has 0 spiro atoms. The van der Waals surface area contributed by atoms with Crippen molar-refractivity contribution in [3.8, 4) is 11.9 Å². The maximum atomic E-state index is 12.7. The van der Waals surface area contributed by atoms with Crippen LogP contribution in [0.3, 0.4) is 0 Å². The monoisotopic (exact) mass is 368 g/mol. The molecule has 130 valence electrons. The van der Waals surface area contributed by atoms with E-state index >= 15 is 0 Å². The highest BCUT2D eigenvalue weighted by molar-refractivity contribution is 6.32. The van der Waals surface area contributed by atoms with Gasteiger partial charge in [0.1, 0.15) is 11.6 Å². The third kappa shape index (κ3) is 2.87. The first-order chi connectivity index (χ1) is 12.3. The van der Waals surface area contributed by atoms with Gasteiger partial charge in [-0.3, -0.25) is 14.6 Å². The molecule has 1 aliphatic rings. The number of carbonyl (C=O) groups excluding carboxylic acids is 1. The Labute approximate surface area is 153 Å². The minimum atomic E-state index is -0.685. The fourth-order valence-corrected chi connectivity index (χ4v) is 2.74. The normalized spacial score (nSPS) is 15.3. The van der Waals surface area contributed by atoms with Crippen molar-refractivity contribution in [2.24, 2.45) is 5.10 Å². The van der Waals surface area contributed by atoms with Crippen molar-refractivity contribution >= 4 is 35.0 Å². The molecule has 7 nitrogen and oxygen atoms in total. The van der Waals surface area contributed by atoms with Crippen LogP contribution in [0.25, 0.3) is 6.08 Å². The molecule has 3 rings (SSSR count). The summed E-state index contributed by atoms with van der Waals surface area (Å²) in [5.41, 5.74) is 0.897. The SMILES string of the molecule is CC1=NN(c2ccc(Cl)cc2)C(=O)/C1=C/c1c(O)[nH]c(=O)c(C#N)c1C. The average molecular weight is 369 g/mol. The lowest BCUT2D eigenvalue weighted by Gasteiger charge is -2.12. The average Bonchev–Trinajstić information content (AvgIpc) is 2.87. The molecule has 1 amide bonds. The molecule has 2 heterocycles. The second-order valence-corrected chi connectivity index (χ2v) is 6.10. The van der Waals surface area contributed by atoms with E-state index in [1.165, 1.54) is 18.0 Å². The summed E-state index contributed by atoms with van der Waals surface area (Å²) in [6.45, 7) is 3.19. The lowest BCUT2D eigenvalue weighted by Crippen LogP contribution is -2.21. The number of halogens is 1. The Kier molecular flexibility index (Phi) is 4.36. The zero-order chi connectivity index (χ0) is 19.0. The van der Waals surface area contributed by atoms with E-state index in [0.29, 0.717) is 16.4 Å². The molecule has 0 saturated heterocycles. The van der Waals surface area contributed by atoms with Crippen LogP contribution in [0.15, 0.2) is 39.7 Å². The topological polar surface area (TPSA) is 110 Å². The lowest BCUT2D eigenvalue weighted by atomic mass is 10.0. The molecule has 1 aromatic heterocycles. The quantitative estimate of drug-likeness (QED) is 0.794. The molecule has 1 aliphatic heterocycles. The van der Waals surface area contributed by atoms with E-state index in [0.717, 1.165) is 0 Å². The molecule has 1 aromatic carbocycles. The van der Waals surface area contributed by atoms with Crippen molar-refractivity contribution in [1.82, 2.24) is 4.98 Å². The van der Waals surface area contributed by atoms with Gasteiger partial charge in [0.2, 0.25) is 0 Å². The van der Waals surface area contributed by atoms with Crippen molar-refractivity contribution < 1.29 is 9.90 Å². The van der Waals surface area contributed by atoms with Gasteiger partial charge in [-0.1, -0.05) is 11.6 Å². The number of rotatable bonds is 2. The number of hydrogen-bond donors (Lipinski definition) is 2. The highest BCUT2D eigenvalue weighted by atomic mass is 35.5. The summed E-state index contributed by atoms with van der Waals surface area (Å²) in [7, 11) is 0. The Morgan fingerprint density at radius 2 is 1.92 bits per heavy atom. The molecule has 0 bridgehead atoms. The smallest absolute Gasteiger partial charge is 0.280 e. The Bertz CT molecular complexity index is 1080. The number of hydrogen-bond acceptors (Lipinski definition) is 5. The zero-order valence-electron chi connectivity index (χ0n) is 13.9. The standard InChI is InChI=1S/C18H13ClN4O3/c1-9-13(16(24)21-17(25)15(9)8-20)7-14-10(2)22-23(18(14)26)12-5-3-11(19)4-6-12/h3-7H,1-2H3,(H2,21,24,25)/b14-7+. The van der Waals surface area contributed by atoms with Crippen LogP contribution in [-0.4, -0.2) is 21.7 Å². The number of hydrazone groups is 1. The molecule has 0 saturated carbocycles. The third-order valence-electron chi connectivity index (χ3n) is 4.03. The van der Waals surface area contributed by atoms with Crippen LogP contribution >= 0.6 is 11.6 Å². The van der Waals surface area contributed by atoms with Crippen LogP contribution in [0, 0.1) is 18.3 Å². The van der Waals surface area contributed by atoms with Gasteiger partial charge in [-0.25, -0.2) is 0 Å². The van der Waals surface area contributed by atoms with Crippen LogP contribution in [0.5, 0.6) is 5.88 Å². The molecule has 2 aromatic rings. The minimum absolute atomic E-state index is 0.121. The van der Waals surface area contributed by atoms with Crippen molar-refractivity contribution in [2.45, 2.75) is 13.8 Å². The summed E-state index contributed by atoms with van der Waals surface area (Å²) in [4.78, 5) is 26.7. The predicted octanol–water partition coefficient (Wildman–Crippen LogP) is 2.72.